The highest BCUT2D eigenvalue weighted by Crippen LogP contribution is 2.43. The van der Waals surface area contributed by atoms with E-state index in [0.29, 0.717) is 23.5 Å². The van der Waals surface area contributed by atoms with Crippen molar-refractivity contribution in [2.45, 2.75) is 83.6 Å². The van der Waals surface area contributed by atoms with E-state index in [1.54, 1.807) is 0 Å². The fourth-order valence-corrected chi connectivity index (χ4v) is 9.52. The molecule has 5 heterocycles. The van der Waals surface area contributed by atoms with Gasteiger partial charge in [0.2, 0.25) is 5.95 Å². The molecule has 2 aromatic rings. The number of hydrazine groups is 1. The van der Waals surface area contributed by atoms with E-state index in [9.17, 15) is 8.42 Å². The first-order valence-electron chi connectivity index (χ1n) is 13.9. The maximum absolute atomic E-state index is 12.0. The molecule has 0 radical (unpaired) electrons. The second kappa shape index (κ2) is 10.1. The molecule has 4 aliphatic rings. The highest BCUT2D eigenvalue weighted by Gasteiger charge is 2.45. The molecule has 1 aliphatic carbocycles. The van der Waals surface area contributed by atoms with Crippen LogP contribution >= 0.6 is 0 Å². The van der Waals surface area contributed by atoms with E-state index in [1.807, 2.05) is 25.5 Å². The van der Waals surface area contributed by atoms with Crippen molar-refractivity contribution < 1.29 is 13.2 Å². The van der Waals surface area contributed by atoms with E-state index in [-0.39, 0.29) is 23.7 Å². The lowest BCUT2D eigenvalue weighted by Crippen LogP contribution is -2.41. The number of hydrogen-bond donors (Lipinski definition) is 2. The molecule has 10 nitrogen and oxygen atoms in total. The van der Waals surface area contributed by atoms with E-state index >= 15 is 0 Å². The third-order valence-corrected chi connectivity index (χ3v) is 11.3. The normalized spacial score (nSPS) is 30.9. The summed E-state index contributed by atoms with van der Waals surface area (Å²) in [5, 5.41) is 8.29. The van der Waals surface area contributed by atoms with Crippen LogP contribution in [-0.2, 0) is 14.6 Å². The monoisotopic (exact) mass is 541 g/mol. The summed E-state index contributed by atoms with van der Waals surface area (Å²) < 4.78 is 30.6. The van der Waals surface area contributed by atoms with E-state index in [1.165, 1.54) is 0 Å². The number of anilines is 1. The van der Waals surface area contributed by atoms with Crippen molar-refractivity contribution in [3.63, 3.8) is 0 Å². The molecule has 0 amide bonds. The minimum atomic E-state index is -2.87. The van der Waals surface area contributed by atoms with Gasteiger partial charge in [-0.1, -0.05) is 0 Å². The predicted molar refractivity (Wildman–Crippen MR) is 144 cm³/mol. The second-order valence-electron chi connectivity index (χ2n) is 11.9. The molecule has 11 heteroatoms. The highest BCUT2D eigenvalue weighted by molar-refractivity contribution is 7.91. The number of aromatic nitrogens is 4. The first kappa shape index (κ1) is 26.0. The Morgan fingerprint density at radius 3 is 2.53 bits per heavy atom. The molecule has 3 aliphatic heterocycles. The Bertz CT molecular complexity index is 1240. The zero-order valence-corrected chi connectivity index (χ0v) is 23.4. The molecular formula is C27H39N7O3S. The first-order chi connectivity index (χ1) is 18.2. The van der Waals surface area contributed by atoms with Gasteiger partial charge in [-0.2, -0.15) is 10.2 Å². The Morgan fingerprint density at radius 2 is 1.84 bits per heavy atom. The minimum Gasteiger partial charge on any atom is -0.370 e. The third kappa shape index (κ3) is 5.05. The lowest BCUT2D eigenvalue weighted by molar-refractivity contribution is -0.0377. The summed E-state index contributed by atoms with van der Waals surface area (Å²) in [6.07, 6.45) is 11.5. The van der Waals surface area contributed by atoms with E-state index in [4.69, 9.17) is 14.7 Å². The van der Waals surface area contributed by atoms with Crippen LogP contribution < -0.4 is 15.8 Å². The number of rotatable bonds is 5. The van der Waals surface area contributed by atoms with Crippen LogP contribution in [0.4, 0.5) is 5.95 Å². The Kier molecular flexibility index (Phi) is 6.90. The summed E-state index contributed by atoms with van der Waals surface area (Å²) in [4.78, 5) is 11.7. The van der Waals surface area contributed by atoms with E-state index in [0.717, 1.165) is 79.9 Å². The Balaban J connectivity index is 1.08. The van der Waals surface area contributed by atoms with Gasteiger partial charge in [0.25, 0.3) is 0 Å². The summed E-state index contributed by atoms with van der Waals surface area (Å²) >= 11 is 0. The van der Waals surface area contributed by atoms with Crippen molar-refractivity contribution >= 4 is 15.8 Å². The van der Waals surface area contributed by atoms with Crippen LogP contribution in [0.15, 0.2) is 18.6 Å². The maximum atomic E-state index is 12.0. The molecular weight excluding hydrogens is 502 g/mol. The van der Waals surface area contributed by atoms with Crippen LogP contribution in [0.25, 0.3) is 0 Å². The average molecular weight is 542 g/mol. The summed E-state index contributed by atoms with van der Waals surface area (Å²) in [5.41, 5.74) is 11.3. The van der Waals surface area contributed by atoms with Crippen molar-refractivity contribution in [1.29, 1.82) is 0 Å². The lowest BCUT2D eigenvalue weighted by atomic mass is 9.78. The Morgan fingerprint density at radius 1 is 1.08 bits per heavy atom. The molecule has 4 unspecified atom stereocenters. The second-order valence-corrected chi connectivity index (χ2v) is 14.1. The van der Waals surface area contributed by atoms with Crippen molar-refractivity contribution in [1.82, 2.24) is 31.0 Å². The Labute approximate surface area is 225 Å². The SMILES string of the molecule is Cc1cnnc(C)c1[C@H](C)OC1CCC2NNC(c3cnc(N4CCC5(CC4)CCS(=O)(=O)C5)nc3)C2C1. The average Bonchev–Trinajstić information content (AvgIpc) is 3.44. The predicted octanol–water partition coefficient (Wildman–Crippen LogP) is 2.75. The number of fused-ring (bicyclic) bond motifs is 1. The molecule has 5 atom stereocenters. The number of ether oxygens (including phenoxy) is 1. The molecule has 38 heavy (non-hydrogen) atoms. The molecule has 6 rings (SSSR count). The number of piperidine rings is 1. The summed E-state index contributed by atoms with van der Waals surface area (Å²) in [6.45, 7) is 7.81. The van der Waals surface area contributed by atoms with Crippen LogP contribution in [-0.4, -0.2) is 65.3 Å². The topological polar surface area (TPSA) is 122 Å². The standard InChI is InChI=1S/C27H39N7O3S/c1-17-13-30-31-18(2)24(17)19(3)37-21-4-5-23-22(12-21)25(33-32-23)20-14-28-26(29-15-20)34-9-6-27(7-10-34)8-11-38(35,36)16-27/h13-15,19,21-23,25,32-33H,4-12,16H2,1-3H3/t19-,21?,22?,23?,25?/m0/s1. The van der Waals surface area contributed by atoms with Gasteiger partial charge in [-0.15, -0.1) is 0 Å². The van der Waals surface area contributed by atoms with Crippen LogP contribution in [0.5, 0.6) is 0 Å². The van der Waals surface area contributed by atoms with Crippen molar-refractivity contribution in [2.75, 3.05) is 29.5 Å². The van der Waals surface area contributed by atoms with Gasteiger partial charge in [0.15, 0.2) is 9.84 Å². The van der Waals surface area contributed by atoms with E-state index < -0.39 is 9.84 Å². The highest BCUT2D eigenvalue weighted by atomic mass is 32.2. The molecule has 2 N–H and O–H groups in total. The third-order valence-electron chi connectivity index (χ3n) is 9.37. The molecule has 206 valence electrons. The summed E-state index contributed by atoms with van der Waals surface area (Å²) in [7, 11) is -2.87. The molecule has 1 saturated carbocycles. The van der Waals surface area contributed by atoms with Crippen LogP contribution in [0.3, 0.4) is 0 Å². The van der Waals surface area contributed by atoms with Gasteiger partial charge in [0, 0.05) is 42.7 Å². The first-order valence-corrected chi connectivity index (χ1v) is 15.8. The van der Waals surface area contributed by atoms with Gasteiger partial charge in [-0.25, -0.2) is 23.8 Å². The largest absolute Gasteiger partial charge is 0.370 e. The minimum absolute atomic E-state index is 0.0246. The summed E-state index contributed by atoms with van der Waals surface area (Å²) in [5.74, 6) is 1.82. The molecule has 4 fully saturated rings. The zero-order chi connectivity index (χ0) is 26.5. The van der Waals surface area contributed by atoms with Crippen LogP contribution in [0, 0.1) is 25.2 Å². The van der Waals surface area contributed by atoms with Crippen LogP contribution in [0.1, 0.15) is 80.0 Å². The zero-order valence-electron chi connectivity index (χ0n) is 22.6. The molecule has 3 saturated heterocycles. The van der Waals surface area contributed by atoms with Gasteiger partial charge >= 0.3 is 0 Å². The number of hydrogen-bond acceptors (Lipinski definition) is 10. The van der Waals surface area contributed by atoms with Crippen molar-refractivity contribution in [2.24, 2.45) is 11.3 Å². The maximum Gasteiger partial charge on any atom is 0.225 e. The quantitative estimate of drug-likeness (QED) is 0.584. The van der Waals surface area contributed by atoms with Gasteiger partial charge in [0.1, 0.15) is 0 Å². The Hall–Kier alpha value is -2.21. The van der Waals surface area contributed by atoms with Gasteiger partial charge in [-0.05, 0) is 76.2 Å². The van der Waals surface area contributed by atoms with E-state index in [2.05, 4.69) is 39.8 Å². The number of sulfone groups is 1. The number of aryl methyl sites for hydroxylation is 2. The molecule has 2 aromatic heterocycles. The fourth-order valence-electron chi connectivity index (χ4n) is 7.27. The van der Waals surface area contributed by atoms with Gasteiger partial charge in [-0.3, -0.25) is 5.43 Å². The molecule has 0 bridgehead atoms. The van der Waals surface area contributed by atoms with Crippen molar-refractivity contribution in [3.05, 3.63) is 41.0 Å². The van der Waals surface area contributed by atoms with Gasteiger partial charge in [0.05, 0.1) is 41.6 Å². The smallest absolute Gasteiger partial charge is 0.225 e. The number of nitrogens with zero attached hydrogens (tertiary/aromatic N) is 5. The molecule has 1 spiro atoms. The number of nitrogens with one attached hydrogen (secondary N) is 2. The fraction of sp³-hybridized carbons (Fsp3) is 0.704. The van der Waals surface area contributed by atoms with Crippen LogP contribution in [0.2, 0.25) is 0 Å². The van der Waals surface area contributed by atoms with Gasteiger partial charge < -0.3 is 9.64 Å². The molecule has 0 aromatic carbocycles. The van der Waals surface area contributed by atoms with Crippen molar-refractivity contribution in [3.8, 4) is 0 Å². The summed E-state index contributed by atoms with van der Waals surface area (Å²) in [6, 6.07) is 0.539. The lowest BCUT2D eigenvalue weighted by Gasteiger charge is -2.38.